The average Bonchev–Trinajstić information content (AvgIpc) is 2.05. The first kappa shape index (κ1) is 11.8. The van der Waals surface area contributed by atoms with Crippen LogP contribution in [-0.4, -0.2) is 12.2 Å². The van der Waals surface area contributed by atoms with Gasteiger partial charge in [0.15, 0.2) is 11.5 Å². The van der Waals surface area contributed by atoms with Crippen molar-refractivity contribution < 1.29 is 9.84 Å². The van der Waals surface area contributed by atoms with E-state index in [2.05, 4.69) is 13.8 Å². The molecule has 13 heavy (non-hydrogen) atoms. The Labute approximate surface area is 80.2 Å². The third-order valence-electron chi connectivity index (χ3n) is 1.87. The molecule has 0 aliphatic carbocycles. The van der Waals surface area contributed by atoms with Gasteiger partial charge in [0.1, 0.15) is 0 Å². The molecule has 2 nitrogen and oxygen atoms in total. The van der Waals surface area contributed by atoms with Crippen LogP contribution in [-0.2, 0) is 0 Å². The molecular weight excluding hydrogens is 164 g/mol. The standard InChI is InChI=1S/C10H14O2.CH4/c1-7(2)8-4-5-9(11)10(6-8)12-3;/h4-7,11H,1-3H3;1H4. The van der Waals surface area contributed by atoms with Gasteiger partial charge < -0.3 is 9.84 Å². The van der Waals surface area contributed by atoms with E-state index in [0.717, 1.165) is 0 Å². The SMILES string of the molecule is C.COc1cc(C(C)C)ccc1O. The van der Waals surface area contributed by atoms with E-state index in [-0.39, 0.29) is 13.2 Å². The zero-order valence-electron chi connectivity index (χ0n) is 7.66. The van der Waals surface area contributed by atoms with Crippen molar-refractivity contribution in [1.82, 2.24) is 0 Å². The van der Waals surface area contributed by atoms with Gasteiger partial charge in [0, 0.05) is 0 Å². The van der Waals surface area contributed by atoms with E-state index in [0.29, 0.717) is 11.7 Å². The van der Waals surface area contributed by atoms with E-state index in [9.17, 15) is 5.11 Å². The highest BCUT2D eigenvalue weighted by Gasteiger charge is 2.04. The molecule has 0 aliphatic heterocycles. The first-order valence-electron chi connectivity index (χ1n) is 4.02. The summed E-state index contributed by atoms with van der Waals surface area (Å²) in [5.74, 6) is 1.20. The molecule has 0 aliphatic rings. The summed E-state index contributed by atoms with van der Waals surface area (Å²) in [6, 6.07) is 5.43. The van der Waals surface area contributed by atoms with Gasteiger partial charge in [0.05, 0.1) is 7.11 Å². The lowest BCUT2D eigenvalue weighted by Crippen LogP contribution is -1.89. The van der Waals surface area contributed by atoms with Crippen molar-refractivity contribution in [2.75, 3.05) is 7.11 Å². The lowest BCUT2D eigenvalue weighted by molar-refractivity contribution is 0.372. The number of phenolic OH excluding ortho intramolecular Hbond substituents is 1. The maximum atomic E-state index is 9.29. The van der Waals surface area contributed by atoms with Gasteiger partial charge in [-0.2, -0.15) is 0 Å². The quantitative estimate of drug-likeness (QED) is 0.761. The summed E-state index contributed by atoms with van der Waals surface area (Å²) in [5.41, 5.74) is 1.17. The van der Waals surface area contributed by atoms with E-state index in [1.165, 1.54) is 5.56 Å². The summed E-state index contributed by atoms with van der Waals surface area (Å²) in [5, 5.41) is 9.29. The minimum Gasteiger partial charge on any atom is -0.504 e. The molecule has 0 saturated heterocycles. The highest BCUT2D eigenvalue weighted by Crippen LogP contribution is 2.29. The van der Waals surface area contributed by atoms with Crippen LogP contribution in [0.1, 0.15) is 32.8 Å². The fourth-order valence-electron chi connectivity index (χ4n) is 1.05. The van der Waals surface area contributed by atoms with Crippen LogP contribution in [0.4, 0.5) is 0 Å². The van der Waals surface area contributed by atoms with Gasteiger partial charge in [0.25, 0.3) is 0 Å². The van der Waals surface area contributed by atoms with Crippen molar-refractivity contribution in [2.24, 2.45) is 0 Å². The van der Waals surface area contributed by atoms with E-state index < -0.39 is 0 Å². The van der Waals surface area contributed by atoms with E-state index in [1.54, 1.807) is 13.2 Å². The second kappa shape index (κ2) is 4.75. The lowest BCUT2D eigenvalue weighted by atomic mass is 10.0. The zero-order valence-corrected chi connectivity index (χ0v) is 7.66. The Balaban J connectivity index is 0.00000144. The van der Waals surface area contributed by atoms with Crippen LogP contribution >= 0.6 is 0 Å². The van der Waals surface area contributed by atoms with Gasteiger partial charge in [-0.3, -0.25) is 0 Å². The summed E-state index contributed by atoms with van der Waals surface area (Å²) in [7, 11) is 1.55. The molecule has 1 N–H and O–H groups in total. The molecule has 2 heteroatoms. The second-order valence-electron chi connectivity index (χ2n) is 3.09. The maximum Gasteiger partial charge on any atom is 0.160 e. The van der Waals surface area contributed by atoms with Crippen LogP contribution < -0.4 is 4.74 Å². The van der Waals surface area contributed by atoms with Gasteiger partial charge in [-0.15, -0.1) is 0 Å². The van der Waals surface area contributed by atoms with Crippen LogP contribution in [0.2, 0.25) is 0 Å². The predicted molar refractivity (Wildman–Crippen MR) is 55.5 cm³/mol. The second-order valence-corrected chi connectivity index (χ2v) is 3.09. The highest BCUT2D eigenvalue weighted by atomic mass is 16.5. The van der Waals surface area contributed by atoms with Crippen LogP contribution in [0.15, 0.2) is 18.2 Å². The van der Waals surface area contributed by atoms with Gasteiger partial charge in [-0.1, -0.05) is 27.3 Å². The Bertz CT molecular complexity index is 267. The number of phenols is 1. The Kier molecular flexibility index (Phi) is 4.32. The van der Waals surface area contributed by atoms with Gasteiger partial charge >= 0.3 is 0 Å². The van der Waals surface area contributed by atoms with Crippen LogP contribution in [0, 0.1) is 0 Å². The van der Waals surface area contributed by atoms with Crippen molar-refractivity contribution in [3.05, 3.63) is 23.8 Å². The minimum atomic E-state index is 0. The first-order chi connectivity index (χ1) is 5.65. The van der Waals surface area contributed by atoms with E-state index >= 15 is 0 Å². The summed E-state index contributed by atoms with van der Waals surface area (Å²) in [6.45, 7) is 4.21. The molecule has 0 radical (unpaired) electrons. The highest BCUT2D eigenvalue weighted by molar-refractivity contribution is 5.42. The molecule has 0 saturated carbocycles. The van der Waals surface area contributed by atoms with Crippen molar-refractivity contribution in [2.45, 2.75) is 27.2 Å². The topological polar surface area (TPSA) is 29.5 Å². The smallest absolute Gasteiger partial charge is 0.160 e. The predicted octanol–water partition coefficient (Wildman–Crippen LogP) is 3.16. The Morgan fingerprint density at radius 2 is 1.92 bits per heavy atom. The van der Waals surface area contributed by atoms with E-state index in [1.807, 2.05) is 12.1 Å². The van der Waals surface area contributed by atoms with Gasteiger partial charge in [-0.05, 0) is 23.6 Å². The number of methoxy groups -OCH3 is 1. The summed E-state index contributed by atoms with van der Waals surface area (Å²) in [6.07, 6.45) is 0. The van der Waals surface area contributed by atoms with Crippen molar-refractivity contribution in [3.63, 3.8) is 0 Å². The number of aromatic hydroxyl groups is 1. The maximum absolute atomic E-state index is 9.29. The molecule has 0 heterocycles. The zero-order chi connectivity index (χ0) is 9.14. The van der Waals surface area contributed by atoms with Crippen molar-refractivity contribution in [3.8, 4) is 11.5 Å². The molecule has 0 atom stereocenters. The van der Waals surface area contributed by atoms with Crippen LogP contribution in [0.5, 0.6) is 11.5 Å². The van der Waals surface area contributed by atoms with Gasteiger partial charge in [-0.25, -0.2) is 0 Å². The number of hydrogen-bond donors (Lipinski definition) is 1. The molecule has 0 fully saturated rings. The number of ether oxygens (including phenoxy) is 1. The number of benzene rings is 1. The fraction of sp³-hybridized carbons (Fsp3) is 0.455. The van der Waals surface area contributed by atoms with Crippen LogP contribution in [0.25, 0.3) is 0 Å². The van der Waals surface area contributed by atoms with Crippen molar-refractivity contribution in [1.29, 1.82) is 0 Å². The largest absolute Gasteiger partial charge is 0.504 e. The van der Waals surface area contributed by atoms with E-state index in [4.69, 9.17) is 4.74 Å². The monoisotopic (exact) mass is 182 g/mol. The first-order valence-corrected chi connectivity index (χ1v) is 4.02. The van der Waals surface area contributed by atoms with Gasteiger partial charge in [0.2, 0.25) is 0 Å². The molecule has 0 spiro atoms. The summed E-state index contributed by atoms with van der Waals surface area (Å²) >= 11 is 0. The molecule has 1 rings (SSSR count). The molecular formula is C11H18O2. The molecule has 0 bridgehead atoms. The Morgan fingerprint density at radius 1 is 1.31 bits per heavy atom. The Hall–Kier alpha value is -1.18. The lowest BCUT2D eigenvalue weighted by Gasteiger charge is -2.08. The minimum absolute atomic E-state index is 0. The third-order valence-corrected chi connectivity index (χ3v) is 1.87. The number of rotatable bonds is 2. The summed E-state index contributed by atoms with van der Waals surface area (Å²) in [4.78, 5) is 0. The Morgan fingerprint density at radius 3 is 2.38 bits per heavy atom. The normalized spacial score (nSPS) is 9.54. The number of hydrogen-bond acceptors (Lipinski definition) is 2. The molecule has 1 aromatic carbocycles. The van der Waals surface area contributed by atoms with Crippen LogP contribution in [0.3, 0.4) is 0 Å². The molecule has 0 unspecified atom stereocenters. The average molecular weight is 182 g/mol. The molecule has 0 amide bonds. The molecule has 0 aromatic heterocycles. The summed E-state index contributed by atoms with van der Waals surface area (Å²) < 4.78 is 4.99. The van der Waals surface area contributed by atoms with Crippen molar-refractivity contribution >= 4 is 0 Å². The molecule has 74 valence electrons. The third kappa shape index (κ3) is 2.65. The fourth-order valence-corrected chi connectivity index (χ4v) is 1.05. The molecule has 1 aromatic rings.